The van der Waals surface area contributed by atoms with E-state index in [-0.39, 0.29) is 19.6 Å². The van der Waals surface area contributed by atoms with Crippen LogP contribution in [0, 0.1) is 0 Å². The molecule has 0 radical (unpaired) electrons. The summed E-state index contributed by atoms with van der Waals surface area (Å²) in [4.78, 5) is 27.4. The zero-order valence-electron chi connectivity index (χ0n) is 11.6. The first-order chi connectivity index (χ1) is 9.60. The molecular formula is C13H19N3O4. The molecule has 7 nitrogen and oxygen atoms in total. The van der Waals surface area contributed by atoms with Crippen LogP contribution in [0.1, 0.15) is 12.6 Å². The fourth-order valence-electron chi connectivity index (χ4n) is 1.58. The van der Waals surface area contributed by atoms with Gasteiger partial charge in [-0.15, -0.1) is 0 Å². The van der Waals surface area contributed by atoms with Gasteiger partial charge in [0, 0.05) is 18.2 Å². The van der Waals surface area contributed by atoms with Gasteiger partial charge in [0.25, 0.3) is 0 Å². The smallest absolute Gasteiger partial charge is 0.329 e. The predicted octanol–water partition coefficient (Wildman–Crippen LogP) is -0.361. The van der Waals surface area contributed by atoms with Gasteiger partial charge in [0.15, 0.2) is 0 Å². The molecule has 1 rings (SSSR count). The third kappa shape index (κ3) is 4.85. The molecule has 0 aromatic carbocycles. The number of amides is 1. The minimum Gasteiger partial charge on any atom is -0.481 e. The Morgan fingerprint density at radius 3 is 2.80 bits per heavy atom. The van der Waals surface area contributed by atoms with Gasteiger partial charge in [0.2, 0.25) is 11.8 Å². The number of aromatic nitrogens is 1. The summed E-state index contributed by atoms with van der Waals surface area (Å²) in [6.07, 6.45) is 0.210. The zero-order chi connectivity index (χ0) is 15.0. The summed E-state index contributed by atoms with van der Waals surface area (Å²) >= 11 is 0. The van der Waals surface area contributed by atoms with Crippen LogP contribution in [-0.2, 0) is 20.7 Å². The molecule has 1 heterocycles. The van der Waals surface area contributed by atoms with Crippen LogP contribution in [0.15, 0.2) is 18.2 Å². The number of methoxy groups -OCH3 is 1. The molecule has 0 aliphatic heterocycles. The molecule has 0 saturated carbocycles. The Kier molecular flexibility index (Phi) is 6.45. The van der Waals surface area contributed by atoms with E-state index in [1.54, 1.807) is 25.1 Å². The van der Waals surface area contributed by atoms with Crippen molar-refractivity contribution in [2.24, 2.45) is 5.73 Å². The monoisotopic (exact) mass is 281 g/mol. The van der Waals surface area contributed by atoms with Crippen LogP contribution < -0.4 is 15.8 Å². The number of esters is 1. The van der Waals surface area contributed by atoms with Crippen molar-refractivity contribution in [2.75, 3.05) is 20.3 Å². The Balaban J connectivity index is 2.81. The van der Waals surface area contributed by atoms with E-state index < -0.39 is 17.9 Å². The highest BCUT2D eigenvalue weighted by molar-refractivity contribution is 5.85. The first kappa shape index (κ1) is 15.9. The number of hydrogen-bond acceptors (Lipinski definition) is 6. The Labute approximate surface area is 117 Å². The van der Waals surface area contributed by atoms with Crippen LogP contribution in [-0.4, -0.2) is 43.2 Å². The van der Waals surface area contributed by atoms with E-state index in [2.05, 4.69) is 10.3 Å². The number of nitrogens with two attached hydrogens (primary N) is 1. The Hall–Kier alpha value is -2.15. The van der Waals surface area contributed by atoms with E-state index in [1.807, 2.05) is 0 Å². The molecule has 1 amide bonds. The Bertz CT molecular complexity index is 465. The second kappa shape index (κ2) is 8.11. The number of pyridine rings is 1. The highest BCUT2D eigenvalue weighted by atomic mass is 16.5. The standard InChI is InChI=1S/C13H19N3O4/c1-3-20-13(18)10(16-11(17)8-14)7-9-5-4-6-12(15-9)19-2/h4-6,10H,3,7-8,14H2,1-2H3,(H,16,17). The molecule has 1 atom stereocenters. The van der Waals surface area contributed by atoms with E-state index >= 15 is 0 Å². The lowest BCUT2D eigenvalue weighted by Gasteiger charge is -2.16. The number of carbonyl (C=O) groups is 2. The number of hydrogen-bond donors (Lipinski definition) is 2. The molecule has 0 bridgehead atoms. The molecule has 1 aromatic heterocycles. The highest BCUT2D eigenvalue weighted by Crippen LogP contribution is 2.09. The third-order valence-corrected chi connectivity index (χ3v) is 2.50. The van der Waals surface area contributed by atoms with Crippen LogP contribution in [0.5, 0.6) is 5.88 Å². The van der Waals surface area contributed by atoms with Crippen LogP contribution in [0.2, 0.25) is 0 Å². The minimum absolute atomic E-state index is 0.193. The van der Waals surface area contributed by atoms with E-state index in [4.69, 9.17) is 15.2 Å². The normalized spacial score (nSPS) is 11.6. The van der Waals surface area contributed by atoms with Crippen molar-refractivity contribution >= 4 is 11.9 Å². The fraction of sp³-hybridized carbons (Fsp3) is 0.462. The summed E-state index contributed by atoms with van der Waals surface area (Å²) < 4.78 is 9.94. The minimum atomic E-state index is -0.814. The molecule has 0 spiro atoms. The lowest BCUT2D eigenvalue weighted by atomic mass is 10.1. The van der Waals surface area contributed by atoms with E-state index in [1.165, 1.54) is 7.11 Å². The van der Waals surface area contributed by atoms with Crippen LogP contribution in [0.3, 0.4) is 0 Å². The largest absolute Gasteiger partial charge is 0.481 e. The molecule has 7 heteroatoms. The summed E-state index contributed by atoms with van der Waals surface area (Å²) in [6, 6.07) is 4.38. The Morgan fingerprint density at radius 2 is 2.20 bits per heavy atom. The fourth-order valence-corrected chi connectivity index (χ4v) is 1.58. The lowest BCUT2D eigenvalue weighted by Crippen LogP contribution is -2.45. The molecule has 3 N–H and O–H groups in total. The van der Waals surface area contributed by atoms with Crippen molar-refractivity contribution in [3.63, 3.8) is 0 Å². The number of carbonyl (C=O) groups excluding carboxylic acids is 2. The summed E-state index contributed by atoms with van der Waals surface area (Å²) in [6.45, 7) is 1.74. The number of nitrogens with zero attached hydrogens (tertiary/aromatic N) is 1. The summed E-state index contributed by atoms with van der Waals surface area (Å²) in [7, 11) is 1.51. The third-order valence-electron chi connectivity index (χ3n) is 2.50. The molecule has 110 valence electrons. The summed E-state index contributed by atoms with van der Waals surface area (Å²) in [5.74, 6) is -0.500. The second-order valence-corrected chi connectivity index (χ2v) is 3.95. The van der Waals surface area contributed by atoms with Gasteiger partial charge in [-0.25, -0.2) is 9.78 Å². The van der Waals surface area contributed by atoms with E-state index in [9.17, 15) is 9.59 Å². The SMILES string of the molecule is CCOC(=O)C(Cc1cccc(OC)n1)NC(=O)CN. The number of ether oxygens (including phenoxy) is 2. The average Bonchev–Trinajstić information content (AvgIpc) is 2.46. The van der Waals surface area contributed by atoms with Crippen molar-refractivity contribution in [3.05, 3.63) is 23.9 Å². The highest BCUT2D eigenvalue weighted by Gasteiger charge is 2.22. The molecule has 0 saturated heterocycles. The first-order valence-electron chi connectivity index (χ1n) is 6.26. The van der Waals surface area contributed by atoms with Crippen molar-refractivity contribution < 1.29 is 19.1 Å². The van der Waals surface area contributed by atoms with Crippen molar-refractivity contribution in [3.8, 4) is 5.88 Å². The van der Waals surface area contributed by atoms with Gasteiger partial charge < -0.3 is 20.5 Å². The van der Waals surface area contributed by atoms with E-state index in [0.717, 1.165) is 0 Å². The summed E-state index contributed by atoms with van der Waals surface area (Å²) in [5.41, 5.74) is 5.84. The molecule has 0 fully saturated rings. The van der Waals surface area contributed by atoms with Gasteiger partial charge in [-0.1, -0.05) is 6.07 Å². The molecular weight excluding hydrogens is 262 g/mol. The van der Waals surface area contributed by atoms with Gasteiger partial charge in [-0.3, -0.25) is 4.79 Å². The van der Waals surface area contributed by atoms with Crippen molar-refractivity contribution in [1.29, 1.82) is 0 Å². The summed E-state index contributed by atoms with van der Waals surface area (Å²) in [5, 5.41) is 2.52. The quantitative estimate of drug-likeness (QED) is 0.661. The van der Waals surface area contributed by atoms with Crippen LogP contribution in [0.25, 0.3) is 0 Å². The molecule has 0 aliphatic carbocycles. The molecule has 1 aromatic rings. The Morgan fingerprint density at radius 1 is 1.45 bits per heavy atom. The van der Waals surface area contributed by atoms with E-state index in [0.29, 0.717) is 11.6 Å². The van der Waals surface area contributed by atoms with Crippen molar-refractivity contribution in [1.82, 2.24) is 10.3 Å². The van der Waals surface area contributed by atoms with Gasteiger partial charge >= 0.3 is 5.97 Å². The maximum atomic E-state index is 11.8. The maximum absolute atomic E-state index is 11.8. The molecule has 0 aliphatic rings. The molecule has 20 heavy (non-hydrogen) atoms. The van der Waals surface area contributed by atoms with Gasteiger partial charge in [-0.05, 0) is 13.0 Å². The van der Waals surface area contributed by atoms with Gasteiger partial charge in [0.05, 0.1) is 20.3 Å². The van der Waals surface area contributed by atoms with Gasteiger partial charge in [0.1, 0.15) is 6.04 Å². The van der Waals surface area contributed by atoms with Crippen LogP contribution >= 0.6 is 0 Å². The molecule has 1 unspecified atom stereocenters. The average molecular weight is 281 g/mol. The predicted molar refractivity (Wildman–Crippen MR) is 72.1 cm³/mol. The maximum Gasteiger partial charge on any atom is 0.329 e. The van der Waals surface area contributed by atoms with Crippen molar-refractivity contribution in [2.45, 2.75) is 19.4 Å². The van der Waals surface area contributed by atoms with Gasteiger partial charge in [-0.2, -0.15) is 0 Å². The second-order valence-electron chi connectivity index (χ2n) is 3.95. The lowest BCUT2D eigenvalue weighted by molar-refractivity contribution is -0.147. The van der Waals surface area contributed by atoms with Crippen LogP contribution in [0.4, 0.5) is 0 Å². The number of rotatable bonds is 7. The topological polar surface area (TPSA) is 104 Å². The number of nitrogens with one attached hydrogen (secondary N) is 1. The zero-order valence-corrected chi connectivity index (χ0v) is 11.6. The first-order valence-corrected chi connectivity index (χ1v) is 6.26.